The largest absolute Gasteiger partial charge is 0.325 e. The zero-order valence-corrected chi connectivity index (χ0v) is 14.5. The summed E-state index contributed by atoms with van der Waals surface area (Å²) in [6.07, 6.45) is 0.740. The van der Waals surface area contributed by atoms with Gasteiger partial charge in [0.05, 0.1) is 5.75 Å². The van der Waals surface area contributed by atoms with Gasteiger partial charge < -0.3 is 5.32 Å². The molecule has 128 valence electrons. The van der Waals surface area contributed by atoms with E-state index in [1.807, 2.05) is 41.8 Å². The van der Waals surface area contributed by atoms with E-state index in [1.165, 1.54) is 36.0 Å². The third-order valence-corrected chi connectivity index (χ3v) is 4.42. The third-order valence-electron chi connectivity index (χ3n) is 3.49. The number of anilines is 1. The van der Waals surface area contributed by atoms with E-state index in [2.05, 4.69) is 15.5 Å². The van der Waals surface area contributed by atoms with E-state index in [0.29, 0.717) is 10.8 Å². The molecule has 5 nitrogen and oxygen atoms in total. The van der Waals surface area contributed by atoms with Gasteiger partial charge >= 0.3 is 0 Å². The van der Waals surface area contributed by atoms with Crippen LogP contribution in [0.3, 0.4) is 0 Å². The Hall–Kier alpha value is -2.67. The lowest BCUT2D eigenvalue weighted by Crippen LogP contribution is -2.14. The van der Waals surface area contributed by atoms with Gasteiger partial charge in [0.25, 0.3) is 0 Å². The molecule has 0 unspecified atom stereocenters. The van der Waals surface area contributed by atoms with Crippen LogP contribution >= 0.6 is 11.8 Å². The van der Waals surface area contributed by atoms with Crippen molar-refractivity contribution >= 4 is 23.4 Å². The molecule has 2 aromatic carbocycles. The number of benzene rings is 2. The lowest BCUT2D eigenvalue weighted by molar-refractivity contribution is -0.113. The van der Waals surface area contributed by atoms with Gasteiger partial charge in [0.15, 0.2) is 5.16 Å². The number of aryl methyl sites for hydroxylation is 1. The van der Waals surface area contributed by atoms with Crippen molar-refractivity contribution < 1.29 is 9.18 Å². The minimum Gasteiger partial charge on any atom is -0.325 e. The minimum absolute atomic E-state index is 0.183. The Morgan fingerprint density at radius 2 is 1.84 bits per heavy atom. The number of carbonyl (C=O) groups excluding carboxylic acids is 1. The quantitative estimate of drug-likeness (QED) is 0.684. The fourth-order valence-corrected chi connectivity index (χ4v) is 3.09. The van der Waals surface area contributed by atoms with Crippen LogP contribution in [0.5, 0.6) is 0 Å². The fourth-order valence-electron chi connectivity index (χ4n) is 2.32. The van der Waals surface area contributed by atoms with E-state index >= 15 is 0 Å². The normalized spacial score (nSPS) is 10.6. The monoisotopic (exact) mass is 356 g/mol. The van der Waals surface area contributed by atoms with Crippen LogP contribution in [0, 0.1) is 5.82 Å². The first-order chi connectivity index (χ1) is 12.2. The summed E-state index contributed by atoms with van der Waals surface area (Å²) in [6.45, 7) is 2.01. The maximum absolute atomic E-state index is 12.9. The summed E-state index contributed by atoms with van der Waals surface area (Å²) >= 11 is 1.31. The number of amides is 1. The van der Waals surface area contributed by atoms with Crippen molar-refractivity contribution in [1.29, 1.82) is 0 Å². The van der Waals surface area contributed by atoms with E-state index in [1.54, 1.807) is 0 Å². The maximum atomic E-state index is 12.9. The second-order valence-corrected chi connectivity index (χ2v) is 6.21. The molecule has 0 bridgehead atoms. The van der Waals surface area contributed by atoms with E-state index < -0.39 is 0 Å². The number of hydrogen-bond donors (Lipinski definition) is 1. The Kier molecular flexibility index (Phi) is 5.45. The topological polar surface area (TPSA) is 59.8 Å². The van der Waals surface area contributed by atoms with Crippen LogP contribution in [0.4, 0.5) is 10.1 Å². The van der Waals surface area contributed by atoms with Crippen LogP contribution in [0.1, 0.15) is 12.7 Å². The lowest BCUT2D eigenvalue weighted by Gasteiger charge is -2.09. The highest BCUT2D eigenvalue weighted by Crippen LogP contribution is 2.22. The van der Waals surface area contributed by atoms with Crippen molar-refractivity contribution in [3.05, 3.63) is 66.2 Å². The van der Waals surface area contributed by atoms with Crippen LogP contribution in [-0.2, 0) is 11.2 Å². The Labute approximate surface area is 149 Å². The molecular weight excluding hydrogens is 339 g/mol. The number of nitrogens with one attached hydrogen (secondary N) is 1. The standard InChI is InChI=1S/C18H17FN4OS/c1-2-16-21-22-18(23(16)15-6-4-3-5-7-15)25-12-17(24)20-14-10-8-13(19)9-11-14/h3-11H,2,12H2,1H3,(H,20,24). The molecule has 0 spiro atoms. The fraction of sp³-hybridized carbons (Fsp3) is 0.167. The van der Waals surface area contributed by atoms with Crippen LogP contribution in [0.25, 0.3) is 5.69 Å². The minimum atomic E-state index is -0.338. The first-order valence-corrected chi connectivity index (χ1v) is 8.84. The summed E-state index contributed by atoms with van der Waals surface area (Å²) in [7, 11) is 0. The Morgan fingerprint density at radius 1 is 1.12 bits per heavy atom. The number of hydrogen-bond acceptors (Lipinski definition) is 4. The molecule has 0 radical (unpaired) electrons. The molecule has 0 saturated heterocycles. The van der Waals surface area contributed by atoms with Crippen molar-refractivity contribution in [2.75, 3.05) is 11.1 Å². The van der Waals surface area contributed by atoms with Gasteiger partial charge in [0.2, 0.25) is 5.91 Å². The van der Waals surface area contributed by atoms with Gasteiger partial charge in [-0.2, -0.15) is 0 Å². The second-order valence-electron chi connectivity index (χ2n) is 5.27. The first-order valence-electron chi connectivity index (χ1n) is 7.85. The Bertz CT molecular complexity index is 849. The predicted molar refractivity (Wildman–Crippen MR) is 96.5 cm³/mol. The molecule has 25 heavy (non-hydrogen) atoms. The third kappa shape index (κ3) is 4.24. The summed E-state index contributed by atoms with van der Waals surface area (Å²) in [5, 5.41) is 11.8. The van der Waals surface area contributed by atoms with Gasteiger partial charge in [-0.1, -0.05) is 36.9 Å². The lowest BCUT2D eigenvalue weighted by atomic mass is 10.3. The molecule has 0 saturated carbocycles. The number of thioether (sulfide) groups is 1. The van der Waals surface area contributed by atoms with Crippen LogP contribution in [0.15, 0.2) is 59.8 Å². The number of rotatable bonds is 6. The number of aromatic nitrogens is 3. The molecule has 1 amide bonds. The van der Waals surface area contributed by atoms with Crippen molar-refractivity contribution in [3.8, 4) is 5.69 Å². The van der Waals surface area contributed by atoms with Gasteiger partial charge in [-0.25, -0.2) is 4.39 Å². The molecule has 1 aromatic heterocycles. The highest BCUT2D eigenvalue weighted by atomic mass is 32.2. The summed E-state index contributed by atoms with van der Waals surface area (Å²) in [4.78, 5) is 12.1. The number of para-hydroxylation sites is 1. The van der Waals surface area contributed by atoms with Crippen molar-refractivity contribution in [2.24, 2.45) is 0 Å². The van der Waals surface area contributed by atoms with Gasteiger partial charge in [0, 0.05) is 17.8 Å². The average Bonchev–Trinajstić information content (AvgIpc) is 3.05. The van der Waals surface area contributed by atoms with E-state index in [9.17, 15) is 9.18 Å². The maximum Gasteiger partial charge on any atom is 0.234 e. The van der Waals surface area contributed by atoms with E-state index in [0.717, 1.165) is 17.9 Å². The second kappa shape index (κ2) is 7.94. The zero-order valence-electron chi connectivity index (χ0n) is 13.6. The molecule has 3 aromatic rings. The van der Waals surface area contributed by atoms with Crippen molar-refractivity contribution in [2.45, 2.75) is 18.5 Å². The molecule has 1 heterocycles. The van der Waals surface area contributed by atoms with Crippen LogP contribution < -0.4 is 5.32 Å². The first kappa shape index (κ1) is 17.2. The van der Waals surface area contributed by atoms with Gasteiger partial charge in [-0.05, 0) is 36.4 Å². The van der Waals surface area contributed by atoms with E-state index in [-0.39, 0.29) is 17.5 Å². The molecule has 7 heteroatoms. The van der Waals surface area contributed by atoms with E-state index in [4.69, 9.17) is 0 Å². The Morgan fingerprint density at radius 3 is 2.52 bits per heavy atom. The van der Waals surface area contributed by atoms with Gasteiger partial charge in [-0.15, -0.1) is 10.2 Å². The molecule has 0 aliphatic heterocycles. The Balaban J connectivity index is 1.70. The average molecular weight is 356 g/mol. The molecule has 0 aliphatic rings. The summed E-state index contributed by atoms with van der Waals surface area (Å²) in [6, 6.07) is 15.5. The molecular formula is C18H17FN4OS. The summed E-state index contributed by atoms with van der Waals surface area (Å²) < 4.78 is 14.9. The van der Waals surface area contributed by atoms with Crippen LogP contribution in [0.2, 0.25) is 0 Å². The highest BCUT2D eigenvalue weighted by Gasteiger charge is 2.14. The molecule has 1 N–H and O–H groups in total. The zero-order chi connectivity index (χ0) is 17.6. The smallest absolute Gasteiger partial charge is 0.234 e. The van der Waals surface area contributed by atoms with Crippen molar-refractivity contribution in [1.82, 2.24) is 14.8 Å². The number of carbonyl (C=O) groups is 1. The molecule has 0 atom stereocenters. The molecule has 0 aliphatic carbocycles. The summed E-state index contributed by atoms with van der Waals surface area (Å²) in [5.74, 6) is 0.506. The highest BCUT2D eigenvalue weighted by molar-refractivity contribution is 7.99. The van der Waals surface area contributed by atoms with Gasteiger partial charge in [-0.3, -0.25) is 9.36 Å². The molecule has 0 fully saturated rings. The van der Waals surface area contributed by atoms with Crippen molar-refractivity contribution in [3.63, 3.8) is 0 Å². The van der Waals surface area contributed by atoms with Gasteiger partial charge in [0.1, 0.15) is 11.6 Å². The SMILES string of the molecule is CCc1nnc(SCC(=O)Nc2ccc(F)cc2)n1-c1ccccc1. The molecule has 3 rings (SSSR count). The van der Waals surface area contributed by atoms with Crippen LogP contribution in [-0.4, -0.2) is 26.4 Å². The summed E-state index contributed by atoms with van der Waals surface area (Å²) in [5.41, 5.74) is 1.52. The number of nitrogens with zero attached hydrogens (tertiary/aromatic N) is 3. The predicted octanol–water partition coefficient (Wildman–Crippen LogP) is 3.70. The number of halogens is 1.